The van der Waals surface area contributed by atoms with Crippen LogP contribution in [0.15, 0.2) is 24.3 Å². The summed E-state index contributed by atoms with van der Waals surface area (Å²) >= 11 is 6.90. The van der Waals surface area contributed by atoms with E-state index in [0.717, 1.165) is 11.8 Å². The lowest BCUT2D eigenvalue weighted by Crippen LogP contribution is -2.44. The molecule has 1 aromatic carbocycles. The highest BCUT2D eigenvalue weighted by Crippen LogP contribution is 2.14. The van der Waals surface area contributed by atoms with E-state index in [0.29, 0.717) is 10.7 Å². The summed E-state index contributed by atoms with van der Waals surface area (Å²) in [5, 5.41) is 3.29. The molecule has 0 aromatic heterocycles. The second-order valence-corrected chi connectivity index (χ2v) is 7.62. The Labute approximate surface area is 163 Å². The van der Waals surface area contributed by atoms with Crippen LogP contribution in [0.3, 0.4) is 0 Å². The fraction of sp³-hybridized carbons (Fsp3) is 0.500. The predicted octanol–water partition coefficient (Wildman–Crippen LogP) is 3.20. The van der Waals surface area contributed by atoms with Gasteiger partial charge in [-0.2, -0.15) is 0 Å². The standard InChI is InChI=1S/C18H25ClN2O4S/c1-12(2)21(13(3)4)17(23)9-25-18(24)11-26-10-16(22)20-15-7-5-14(19)6-8-15/h5-8,12-13H,9-11H2,1-4H3,(H,20,22). The number of nitrogens with one attached hydrogen (secondary N) is 1. The predicted molar refractivity (Wildman–Crippen MR) is 105 cm³/mol. The monoisotopic (exact) mass is 400 g/mol. The maximum atomic E-state index is 12.1. The Balaban J connectivity index is 2.28. The van der Waals surface area contributed by atoms with Gasteiger partial charge in [-0.15, -0.1) is 11.8 Å². The first kappa shape index (κ1) is 22.3. The summed E-state index contributed by atoms with van der Waals surface area (Å²) in [6.45, 7) is 7.36. The smallest absolute Gasteiger partial charge is 0.316 e. The third-order valence-corrected chi connectivity index (χ3v) is 4.50. The van der Waals surface area contributed by atoms with Gasteiger partial charge in [0.15, 0.2) is 6.61 Å². The number of anilines is 1. The van der Waals surface area contributed by atoms with Crippen LogP contribution in [0, 0.1) is 0 Å². The fourth-order valence-electron chi connectivity index (χ4n) is 2.39. The summed E-state index contributed by atoms with van der Waals surface area (Å²) in [7, 11) is 0. The molecule has 1 rings (SSSR count). The molecule has 144 valence electrons. The SMILES string of the molecule is CC(C)N(C(=O)COC(=O)CSCC(=O)Nc1ccc(Cl)cc1)C(C)C. The summed E-state index contributed by atoms with van der Waals surface area (Å²) in [6, 6.07) is 6.81. The van der Waals surface area contributed by atoms with Crippen molar-refractivity contribution in [2.75, 3.05) is 23.4 Å². The molecule has 8 heteroatoms. The van der Waals surface area contributed by atoms with Crippen molar-refractivity contribution >= 4 is 46.8 Å². The number of thioether (sulfide) groups is 1. The number of ether oxygens (including phenoxy) is 1. The summed E-state index contributed by atoms with van der Waals surface area (Å²) in [6.07, 6.45) is 0. The van der Waals surface area contributed by atoms with E-state index in [1.54, 1.807) is 29.2 Å². The minimum Gasteiger partial charge on any atom is -0.455 e. The number of rotatable bonds is 9. The number of carbonyl (C=O) groups is 3. The molecule has 0 unspecified atom stereocenters. The quantitative estimate of drug-likeness (QED) is 0.644. The maximum absolute atomic E-state index is 12.1. The van der Waals surface area contributed by atoms with Gasteiger partial charge in [0.05, 0.1) is 11.5 Å². The van der Waals surface area contributed by atoms with Crippen molar-refractivity contribution in [3.05, 3.63) is 29.3 Å². The molecule has 26 heavy (non-hydrogen) atoms. The van der Waals surface area contributed by atoms with Crippen molar-refractivity contribution in [2.24, 2.45) is 0 Å². The Kier molecular flexibility index (Phi) is 9.51. The van der Waals surface area contributed by atoms with Gasteiger partial charge in [0.1, 0.15) is 0 Å². The van der Waals surface area contributed by atoms with Crippen LogP contribution in [0.2, 0.25) is 5.02 Å². The number of esters is 1. The lowest BCUT2D eigenvalue weighted by atomic mass is 10.2. The number of nitrogens with zero attached hydrogens (tertiary/aromatic N) is 1. The molecule has 0 fully saturated rings. The molecule has 1 N–H and O–H groups in total. The first-order valence-electron chi connectivity index (χ1n) is 8.30. The van der Waals surface area contributed by atoms with E-state index in [2.05, 4.69) is 5.32 Å². The highest BCUT2D eigenvalue weighted by Gasteiger charge is 2.21. The molecule has 0 aliphatic rings. The molecule has 0 atom stereocenters. The zero-order valence-electron chi connectivity index (χ0n) is 15.5. The number of amides is 2. The minimum absolute atomic E-state index is 0.00464. The molecule has 2 amide bonds. The van der Waals surface area contributed by atoms with Crippen LogP contribution in [-0.4, -0.2) is 52.9 Å². The molecule has 0 spiro atoms. The van der Waals surface area contributed by atoms with E-state index in [1.165, 1.54) is 0 Å². The van der Waals surface area contributed by atoms with E-state index < -0.39 is 5.97 Å². The number of hydrogen-bond donors (Lipinski definition) is 1. The Morgan fingerprint density at radius 2 is 1.65 bits per heavy atom. The lowest BCUT2D eigenvalue weighted by Gasteiger charge is -2.30. The maximum Gasteiger partial charge on any atom is 0.316 e. The number of hydrogen-bond acceptors (Lipinski definition) is 5. The van der Waals surface area contributed by atoms with Crippen LogP contribution < -0.4 is 5.32 Å². The molecular weight excluding hydrogens is 376 g/mol. The number of benzene rings is 1. The van der Waals surface area contributed by atoms with E-state index in [4.69, 9.17) is 16.3 Å². The largest absolute Gasteiger partial charge is 0.455 e. The van der Waals surface area contributed by atoms with Crippen molar-refractivity contribution in [3.63, 3.8) is 0 Å². The Morgan fingerprint density at radius 1 is 1.08 bits per heavy atom. The summed E-state index contributed by atoms with van der Waals surface area (Å²) < 4.78 is 5.00. The molecule has 0 aliphatic heterocycles. The highest BCUT2D eigenvalue weighted by atomic mass is 35.5. The van der Waals surface area contributed by atoms with Crippen LogP contribution in [0.4, 0.5) is 5.69 Å². The lowest BCUT2D eigenvalue weighted by molar-refractivity contribution is -0.151. The van der Waals surface area contributed by atoms with E-state index in [-0.39, 0.29) is 42.0 Å². The molecular formula is C18H25ClN2O4S. The molecule has 1 aromatic rings. The minimum atomic E-state index is -0.518. The molecule has 0 saturated heterocycles. The van der Waals surface area contributed by atoms with Gasteiger partial charge in [-0.25, -0.2) is 0 Å². The van der Waals surface area contributed by atoms with E-state index in [1.807, 2.05) is 27.7 Å². The Bertz CT molecular complexity index is 612. The van der Waals surface area contributed by atoms with Gasteiger partial charge in [0.25, 0.3) is 5.91 Å². The molecule has 0 radical (unpaired) electrons. The topological polar surface area (TPSA) is 75.7 Å². The van der Waals surface area contributed by atoms with Crippen molar-refractivity contribution in [3.8, 4) is 0 Å². The van der Waals surface area contributed by atoms with Gasteiger partial charge in [0.2, 0.25) is 5.91 Å². The second-order valence-electron chi connectivity index (χ2n) is 6.20. The molecule has 6 nitrogen and oxygen atoms in total. The fourth-order valence-corrected chi connectivity index (χ4v) is 3.12. The zero-order valence-corrected chi connectivity index (χ0v) is 17.0. The molecule has 0 saturated carbocycles. The van der Waals surface area contributed by atoms with Crippen molar-refractivity contribution in [2.45, 2.75) is 39.8 Å². The third kappa shape index (κ3) is 8.10. The van der Waals surface area contributed by atoms with Crippen LogP contribution in [-0.2, 0) is 19.1 Å². The first-order chi connectivity index (χ1) is 12.2. The van der Waals surface area contributed by atoms with Crippen LogP contribution in [0.1, 0.15) is 27.7 Å². The van der Waals surface area contributed by atoms with Gasteiger partial charge < -0.3 is 15.0 Å². The van der Waals surface area contributed by atoms with Gasteiger partial charge in [0, 0.05) is 22.8 Å². The summed E-state index contributed by atoms with van der Waals surface area (Å²) in [5.74, 6) is -0.864. The van der Waals surface area contributed by atoms with Crippen LogP contribution in [0.25, 0.3) is 0 Å². The highest BCUT2D eigenvalue weighted by molar-refractivity contribution is 8.00. The van der Waals surface area contributed by atoms with E-state index >= 15 is 0 Å². The summed E-state index contributed by atoms with van der Waals surface area (Å²) in [4.78, 5) is 37.3. The van der Waals surface area contributed by atoms with Gasteiger partial charge in [-0.05, 0) is 52.0 Å². The van der Waals surface area contributed by atoms with Gasteiger partial charge in [-0.1, -0.05) is 11.6 Å². The average molecular weight is 401 g/mol. The second kappa shape index (κ2) is 11.1. The van der Waals surface area contributed by atoms with Gasteiger partial charge in [-0.3, -0.25) is 14.4 Å². The van der Waals surface area contributed by atoms with Crippen LogP contribution in [0.5, 0.6) is 0 Å². The first-order valence-corrected chi connectivity index (χ1v) is 9.84. The van der Waals surface area contributed by atoms with Gasteiger partial charge >= 0.3 is 5.97 Å². The van der Waals surface area contributed by atoms with Crippen molar-refractivity contribution < 1.29 is 19.1 Å². The molecule has 0 heterocycles. The van der Waals surface area contributed by atoms with Crippen LogP contribution >= 0.6 is 23.4 Å². The third-order valence-electron chi connectivity index (χ3n) is 3.34. The Morgan fingerprint density at radius 3 is 2.19 bits per heavy atom. The normalized spacial score (nSPS) is 10.7. The molecule has 0 aliphatic carbocycles. The van der Waals surface area contributed by atoms with E-state index in [9.17, 15) is 14.4 Å². The summed E-state index contributed by atoms with van der Waals surface area (Å²) in [5.41, 5.74) is 0.635. The number of carbonyl (C=O) groups excluding carboxylic acids is 3. The average Bonchev–Trinajstić information content (AvgIpc) is 2.54. The molecule has 0 bridgehead atoms. The number of halogens is 1. The zero-order chi connectivity index (χ0) is 19.7. The van der Waals surface area contributed by atoms with Crippen molar-refractivity contribution in [1.29, 1.82) is 0 Å². The Hall–Kier alpha value is -1.73. The van der Waals surface area contributed by atoms with Crippen molar-refractivity contribution in [1.82, 2.24) is 4.90 Å².